The number of nitrogens with two attached hydrogens (primary N) is 1. The van der Waals surface area contributed by atoms with E-state index < -0.39 is 20.7 Å². The van der Waals surface area contributed by atoms with Gasteiger partial charge in [0, 0.05) is 5.56 Å². The number of hydrogen-bond acceptors (Lipinski definition) is 6. The molecule has 1 heterocycles. The summed E-state index contributed by atoms with van der Waals surface area (Å²) in [6.07, 6.45) is 1.06. The van der Waals surface area contributed by atoms with Crippen LogP contribution in [-0.4, -0.2) is 25.1 Å². The summed E-state index contributed by atoms with van der Waals surface area (Å²) in [5.41, 5.74) is 5.55. The van der Waals surface area contributed by atoms with Crippen molar-refractivity contribution in [1.82, 2.24) is 14.9 Å². The van der Waals surface area contributed by atoms with E-state index in [1.165, 1.54) is 6.07 Å². The second kappa shape index (κ2) is 6.45. The Morgan fingerprint density at radius 3 is 2.86 bits per heavy atom. The van der Waals surface area contributed by atoms with E-state index in [2.05, 4.69) is 31.2 Å². The predicted octanol–water partition coefficient (Wildman–Crippen LogP) is -0.00260. The Hall–Kier alpha value is -2.28. The number of nitrogens with one attached hydrogen (secondary N) is 1. The summed E-state index contributed by atoms with van der Waals surface area (Å²) in [7, 11) is -4.02. The molecule has 2 aromatic rings. The lowest BCUT2D eigenvalue weighted by molar-refractivity contribution is 0.409. The zero-order valence-corrected chi connectivity index (χ0v) is 11.5. The van der Waals surface area contributed by atoms with Crippen LogP contribution in [0.15, 0.2) is 34.0 Å². The van der Waals surface area contributed by atoms with Crippen molar-refractivity contribution in [2.24, 2.45) is 5.73 Å². The van der Waals surface area contributed by atoms with Crippen LogP contribution in [0.3, 0.4) is 0 Å². The number of aromatic nitrogens is 2. The minimum atomic E-state index is -4.02. The van der Waals surface area contributed by atoms with Gasteiger partial charge in [0.2, 0.25) is 16.4 Å². The fraction of sp³-hybridized carbons (Fsp3) is 0.167. The molecule has 0 radical (unpaired) electrons. The van der Waals surface area contributed by atoms with Crippen molar-refractivity contribution in [3.05, 3.63) is 41.8 Å². The predicted molar refractivity (Wildman–Crippen MR) is 70.7 cm³/mol. The molecule has 0 saturated heterocycles. The number of halogens is 1. The van der Waals surface area contributed by atoms with Crippen LogP contribution in [0, 0.1) is 17.7 Å². The van der Waals surface area contributed by atoms with Gasteiger partial charge in [-0.25, -0.2) is 17.5 Å². The molecule has 1 aromatic carbocycles. The third-order valence-corrected chi connectivity index (χ3v) is 3.82. The first kappa shape index (κ1) is 15.1. The standard InChI is InChI=1S/C12H11FN4O3S/c13-10-6-9(2-1-5-14)3-4-11(10)21(18,19)16-7-12-15-8-20-17-12/h3-4,6,8,16H,5,7,14H2. The van der Waals surface area contributed by atoms with Gasteiger partial charge in [0.1, 0.15) is 10.7 Å². The molecular formula is C12H11FN4O3S. The highest BCUT2D eigenvalue weighted by Crippen LogP contribution is 2.15. The van der Waals surface area contributed by atoms with Crippen molar-refractivity contribution in [2.75, 3.05) is 6.54 Å². The first-order chi connectivity index (χ1) is 10.0. The summed E-state index contributed by atoms with van der Waals surface area (Å²) < 4.78 is 44.5. The molecule has 0 amide bonds. The maximum absolute atomic E-state index is 13.9. The van der Waals surface area contributed by atoms with E-state index >= 15 is 0 Å². The average Bonchev–Trinajstić information content (AvgIpc) is 2.96. The van der Waals surface area contributed by atoms with E-state index in [-0.39, 0.29) is 18.9 Å². The van der Waals surface area contributed by atoms with Crippen molar-refractivity contribution in [1.29, 1.82) is 0 Å². The van der Waals surface area contributed by atoms with Gasteiger partial charge in [0.05, 0.1) is 13.1 Å². The molecule has 0 unspecified atom stereocenters. The van der Waals surface area contributed by atoms with Crippen LogP contribution in [-0.2, 0) is 16.6 Å². The molecule has 0 aliphatic heterocycles. The maximum atomic E-state index is 13.9. The zero-order valence-electron chi connectivity index (χ0n) is 10.7. The highest BCUT2D eigenvalue weighted by Gasteiger charge is 2.19. The van der Waals surface area contributed by atoms with E-state index in [9.17, 15) is 12.8 Å². The third-order valence-electron chi connectivity index (χ3n) is 2.38. The number of sulfonamides is 1. The van der Waals surface area contributed by atoms with E-state index in [1.807, 2.05) is 0 Å². The van der Waals surface area contributed by atoms with Crippen molar-refractivity contribution in [3.8, 4) is 11.8 Å². The average molecular weight is 310 g/mol. The summed E-state index contributed by atoms with van der Waals surface area (Å²) in [4.78, 5) is 3.17. The SMILES string of the molecule is NCC#Cc1ccc(S(=O)(=O)NCc2ncon2)c(F)c1. The summed E-state index contributed by atoms with van der Waals surface area (Å²) in [6.45, 7) is -0.0685. The maximum Gasteiger partial charge on any atom is 0.243 e. The topological polar surface area (TPSA) is 111 Å². The van der Waals surface area contributed by atoms with Gasteiger partial charge >= 0.3 is 0 Å². The van der Waals surface area contributed by atoms with Crippen LogP contribution in [0.1, 0.15) is 11.4 Å². The van der Waals surface area contributed by atoms with Gasteiger partial charge in [-0.05, 0) is 18.2 Å². The Morgan fingerprint density at radius 1 is 1.43 bits per heavy atom. The summed E-state index contributed by atoms with van der Waals surface area (Å²) in [6, 6.07) is 3.56. The van der Waals surface area contributed by atoms with Gasteiger partial charge in [-0.1, -0.05) is 17.0 Å². The second-order valence-corrected chi connectivity index (χ2v) is 5.56. The van der Waals surface area contributed by atoms with Gasteiger partial charge in [-0.2, -0.15) is 4.98 Å². The number of rotatable bonds is 4. The van der Waals surface area contributed by atoms with Crippen LogP contribution in [0.5, 0.6) is 0 Å². The molecule has 0 aliphatic carbocycles. The molecule has 0 fully saturated rings. The molecule has 1 aromatic heterocycles. The molecule has 9 heteroatoms. The Morgan fingerprint density at radius 2 is 2.24 bits per heavy atom. The number of hydrogen-bond donors (Lipinski definition) is 2. The Labute approximate surface area is 120 Å². The molecule has 7 nitrogen and oxygen atoms in total. The molecular weight excluding hydrogens is 299 g/mol. The summed E-state index contributed by atoms with van der Waals surface area (Å²) in [5.74, 6) is 4.41. The van der Waals surface area contributed by atoms with E-state index in [1.54, 1.807) is 0 Å². The molecule has 21 heavy (non-hydrogen) atoms. The highest BCUT2D eigenvalue weighted by atomic mass is 32.2. The number of nitrogens with zero attached hydrogens (tertiary/aromatic N) is 2. The second-order valence-electron chi connectivity index (χ2n) is 3.82. The lowest BCUT2D eigenvalue weighted by atomic mass is 10.2. The Bertz CT molecular complexity index is 779. The van der Waals surface area contributed by atoms with E-state index in [0.29, 0.717) is 5.56 Å². The Balaban J connectivity index is 2.19. The van der Waals surface area contributed by atoms with E-state index in [4.69, 9.17) is 5.73 Å². The monoisotopic (exact) mass is 310 g/mol. The summed E-state index contributed by atoms with van der Waals surface area (Å²) >= 11 is 0. The smallest absolute Gasteiger partial charge is 0.243 e. The largest absolute Gasteiger partial charge is 0.343 e. The van der Waals surface area contributed by atoms with Gasteiger partial charge in [-0.3, -0.25) is 0 Å². The van der Waals surface area contributed by atoms with Gasteiger partial charge in [-0.15, -0.1) is 0 Å². The van der Waals surface area contributed by atoms with Crippen molar-refractivity contribution in [2.45, 2.75) is 11.4 Å². The fourth-order valence-corrected chi connectivity index (χ4v) is 2.49. The fourth-order valence-electron chi connectivity index (χ4n) is 1.46. The van der Waals surface area contributed by atoms with E-state index in [0.717, 1.165) is 18.5 Å². The molecule has 0 atom stereocenters. The first-order valence-corrected chi connectivity index (χ1v) is 7.24. The highest BCUT2D eigenvalue weighted by molar-refractivity contribution is 7.89. The van der Waals surface area contributed by atoms with Crippen LogP contribution in [0.2, 0.25) is 0 Å². The number of benzene rings is 1. The molecule has 0 bridgehead atoms. The van der Waals surface area contributed by atoms with Crippen molar-refractivity contribution < 1.29 is 17.3 Å². The van der Waals surface area contributed by atoms with Crippen molar-refractivity contribution in [3.63, 3.8) is 0 Å². The van der Waals surface area contributed by atoms with Gasteiger partial charge in [0.25, 0.3) is 0 Å². The van der Waals surface area contributed by atoms with Crippen LogP contribution in [0.25, 0.3) is 0 Å². The normalized spacial score (nSPS) is 11.0. The molecule has 110 valence electrons. The summed E-state index contributed by atoms with van der Waals surface area (Å²) in [5, 5.41) is 3.45. The quantitative estimate of drug-likeness (QED) is 0.769. The molecule has 3 N–H and O–H groups in total. The minimum Gasteiger partial charge on any atom is -0.343 e. The molecule has 2 rings (SSSR count). The van der Waals surface area contributed by atoms with Crippen LogP contribution >= 0.6 is 0 Å². The minimum absolute atomic E-state index is 0.133. The Kier molecular flexibility index (Phi) is 4.64. The molecule has 0 aliphatic rings. The van der Waals surface area contributed by atoms with Crippen molar-refractivity contribution >= 4 is 10.0 Å². The van der Waals surface area contributed by atoms with Gasteiger partial charge in [0.15, 0.2) is 5.82 Å². The first-order valence-electron chi connectivity index (χ1n) is 5.76. The van der Waals surface area contributed by atoms with Gasteiger partial charge < -0.3 is 10.3 Å². The lowest BCUT2D eigenvalue weighted by Gasteiger charge is -2.06. The zero-order chi connectivity index (χ0) is 15.3. The molecule has 0 saturated carbocycles. The lowest BCUT2D eigenvalue weighted by Crippen LogP contribution is -2.24. The van der Waals surface area contributed by atoms with Crippen LogP contribution < -0.4 is 10.5 Å². The third kappa shape index (κ3) is 3.85. The molecule has 0 spiro atoms. The van der Waals surface area contributed by atoms with Crippen LogP contribution in [0.4, 0.5) is 4.39 Å².